The number of aryl methyl sites for hydroxylation is 2. The third-order valence-corrected chi connectivity index (χ3v) is 8.83. The summed E-state index contributed by atoms with van der Waals surface area (Å²) in [6, 6.07) is 16.1. The molecule has 2 aliphatic rings. The Kier molecular flexibility index (Phi) is 3.21. The summed E-state index contributed by atoms with van der Waals surface area (Å²) < 4.78 is 2.47. The summed E-state index contributed by atoms with van der Waals surface area (Å²) in [5.41, 5.74) is 8.69. The van der Waals surface area contributed by atoms with E-state index in [1.54, 1.807) is 0 Å². The van der Waals surface area contributed by atoms with E-state index < -0.39 is 0 Å². The van der Waals surface area contributed by atoms with Crippen molar-refractivity contribution >= 4 is 16.6 Å². The monoisotopic (exact) mass is 372 g/mol. The number of fused-ring (bicyclic) bond motifs is 7. The number of hydrogen-bond donors (Lipinski definition) is 0. The van der Waals surface area contributed by atoms with Crippen LogP contribution in [0.3, 0.4) is 0 Å². The second-order valence-electron chi connectivity index (χ2n) is 10.2. The van der Waals surface area contributed by atoms with Crippen LogP contribution < -0.4 is 4.90 Å². The smallest absolute Gasteiger partial charge is 0.0844 e. The standard InChI is InChI=1S/C26H32N2/c1-16-12-11-14-19-22(16)28-17(2)21-18-13-9-10-15-20(18)27(8)23(21)26(28,7)25(5,6)24(19,3)4/h9-15,17H,1-8H3/t17-,26?/m0/s1. The second kappa shape index (κ2) is 5.03. The van der Waals surface area contributed by atoms with Crippen molar-refractivity contribution < 1.29 is 0 Å². The number of aromatic nitrogens is 1. The maximum atomic E-state index is 2.75. The van der Waals surface area contributed by atoms with E-state index in [-0.39, 0.29) is 16.4 Å². The quantitative estimate of drug-likeness (QED) is 0.431. The van der Waals surface area contributed by atoms with Gasteiger partial charge in [-0.25, -0.2) is 0 Å². The van der Waals surface area contributed by atoms with Gasteiger partial charge in [0.05, 0.1) is 11.6 Å². The van der Waals surface area contributed by atoms with Gasteiger partial charge in [0.1, 0.15) is 0 Å². The second-order valence-corrected chi connectivity index (χ2v) is 10.2. The lowest BCUT2D eigenvalue weighted by atomic mass is 9.52. The van der Waals surface area contributed by atoms with E-state index in [2.05, 4.69) is 107 Å². The predicted octanol–water partition coefficient (Wildman–Crippen LogP) is 6.60. The van der Waals surface area contributed by atoms with E-state index in [4.69, 9.17) is 0 Å². The van der Waals surface area contributed by atoms with E-state index in [0.29, 0.717) is 6.04 Å². The molecule has 0 spiro atoms. The van der Waals surface area contributed by atoms with Crippen molar-refractivity contribution in [1.29, 1.82) is 0 Å². The fourth-order valence-electron chi connectivity index (χ4n) is 6.51. The lowest BCUT2D eigenvalue weighted by Gasteiger charge is -2.62. The van der Waals surface area contributed by atoms with E-state index in [9.17, 15) is 0 Å². The molecule has 0 amide bonds. The summed E-state index contributed by atoms with van der Waals surface area (Å²) in [5.74, 6) is 0. The van der Waals surface area contributed by atoms with Crippen molar-refractivity contribution in [2.24, 2.45) is 12.5 Å². The minimum Gasteiger partial charge on any atom is -0.353 e. The van der Waals surface area contributed by atoms with Crippen LogP contribution in [0.5, 0.6) is 0 Å². The normalized spacial score (nSPS) is 26.9. The van der Waals surface area contributed by atoms with Gasteiger partial charge in [-0.2, -0.15) is 0 Å². The number of anilines is 1. The van der Waals surface area contributed by atoms with Gasteiger partial charge in [0.2, 0.25) is 0 Å². The Bertz CT molecular complexity index is 1130. The minimum absolute atomic E-state index is 0.0441. The van der Waals surface area contributed by atoms with Crippen molar-refractivity contribution in [2.75, 3.05) is 4.90 Å². The third kappa shape index (κ3) is 1.64. The van der Waals surface area contributed by atoms with Crippen LogP contribution in [0.2, 0.25) is 0 Å². The molecule has 0 fully saturated rings. The highest BCUT2D eigenvalue weighted by molar-refractivity contribution is 5.90. The largest absolute Gasteiger partial charge is 0.353 e. The van der Waals surface area contributed by atoms with Crippen LogP contribution in [-0.2, 0) is 18.0 Å². The van der Waals surface area contributed by atoms with Gasteiger partial charge in [0.25, 0.3) is 0 Å². The molecule has 2 heteroatoms. The molecule has 0 saturated carbocycles. The fourth-order valence-corrected chi connectivity index (χ4v) is 6.51. The fraction of sp³-hybridized carbons (Fsp3) is 0.462. The number of rotatable bonds is 0. The van der Waals surface area contributed by atoms with Crippen molar-refractivity contribution in [1.82, 2.24) is 4.57 Å². The highest BCUT2D eigenvalue weighted by atomic mass is 15.3. The van der Waals surface area contributed by atoms with Crippen LogP contribution in [0.25, 0.3) is 10.9 Å². The number of benzene rings is 2. The van der Waals surface area contributed by atoms with Crippen LogP contribution in [-0.4, -0.2) is 4.57 Å². The summed E-state index contributed by atoms with van der Waals surface area (Å²) in [7, 11) is 2.26. The number of para-hydroxylation sites is 2. The average Bonchev–Trinajstić information content (AvgIpc) is 3.07. The molecule has 2 nitrogen and oxygen atoms in total. The average molecular weight is 373 g/mol. The van der Waals surface area contributed by atoms with Gasteiger partial charge in [-0.1, -0.05) is 64.1 Å². The molecule has 3 heterocycles. The first-order chi connectivity index (χ1) is 13.1. The van der Waals surface area contributed by atoms with Gasteiger partial charge >= 0.3 is 0 Å². The van der Waals surface area contributed by atoms with Crippen molar-refractivity contribution in [3.8, 4) is 0 Å². The molecule has 0 N–H and O–H groups in total. The summed E-state index contributed by atoms with van der Waals surface area (Å²) >= 11 is 0. The molecule has 2 aromatic carbocycles. The first kappa shape index (κ1) is 17.8. The Morgan fingerprint density at radius 2 is 1.57 bits per heavy atom. The number of hydrogen-bond acceptors (Lipinski definition) is 1. The molecule has 2 atom stereocenters. The Morgan fingerprint density at radius 1 is 0.893 bits per heavy atom. The van der Waals surface area contributed by atoms with Crippen LogP contribution in [0.15, 0.2) is 42.5 Å². The Balaban J connectivity index is 1.97. The van der Waals surface area contributed by atoms with E-state index in [1.165, 1.54) is 39.0 Å². The molecular weight excluding hydrogens is 340 g/mol. The first-order valence-corrected chi connectivity index (χ1v) is 10.5. The maximum absolute atomic E-state index is 2.75. The van der Waals surface area contributed by atoms with Crippen molar-refractivity contribution in [3.05, 3.63) is 64.8 Å². The molecule has 2 aliphatic heterocycles. The molecule has 0 bridgehead atoms. The SMILES string of the molecule is Cc1cccc2c1N1[C@@H](C)c3c(n(C)c4ccccc34)C1(C)C(C)(C)C2(C)C. The van der Waals surface area contributed by atoms with E-state index in [0.717, 1.165) is 0 Å². The zero-order chi connectivity index (χ0) is 20.2. The lowest BCUT2D eigenvalue weighted by molar-refractivity contribution is 0.0608. The van der Waals surface area contributed by atoms with Crippen molar-refractivity contribution in [2.45, 2.75) is 65.5 Å². The maximum Gasteiger partial charge on any atom is 0.0844 e. The van der Waals surface area contributed by atoms with E-state index in [1.807, 2.05) is 0 Å². The van der Waals surface area contributed by atoms with Gasteiger partial charge in [0, 0.05) is 40.3 Å². The van der Waals surface area contributed by atoms with Gasteiger partial charge in [-0.15, -0.1) is 0 Å². The van der Waals surface area contributed by atoms with Crippen LogP contribution in [0, 0.1) is 12.3 Å². The topological polar surface area (TPSA) is 8.17 Å². The molecule has 0 radical (unpaired) electrons. The Hall–Kier alpha value is -2.22. The Morgan fingerprint density at radius 3 is 2.29 bits per heavy atom. The molecule has 0 saturated heterocycles. The zero-order valence-corrected chi connectivity index (χ0v) is 18.5. The predicted molar refractivity (Wildman–Crippen MR) is 119 cm³/mol. The highest BCUT2D eigenvalue weighted by Crippen LogP contribution is 2.68. The zero-order valence-electron chi connectivity index (χ0n) is 18.5. The molecule has 146 valence electrons. The molecule has 1 aromatic heterocycles. The lowest BCUT2D eigenvalue weighted by Crippen LogP contribution is -2.62. The molecule has 0 aliphatic carbocycles. The first-order valence-electron chi connectivity index (χ1n) is 10.5. The highest BCUT2D eigenvalue weighted by Gasteiger charge is 2.65. The Labute approximate surface area is 169 Å². The summed E-state index contributed by atoms with van der Waals surface area (Å²) in [5, 5.41) is 1.41. The molecular formula is C26H32N2. The minimum atomic E-state index is -0.0852. The van der Waals surface area contributed by atoms with Crippen molar-refractivity contribution in [3.63, 3.8) is 0 Å². The van der Waals surface area contributed by atoms with Crippen LogP contribution in [0.1, 0.15) is 70.0 Å². The summed E-state index contributed by atoms with van der Waals surface area (Å²) in [6.45, 7) is 17.0. The summed E-state index contributed by atoms with van der Waals surface area (Å²) in [6.07, 6.45) is 0. The summed E-state index contributed by atoms with van der Waals surface area (Å²) in [4.78, 5) is 2.75. The molecule has 5 rings (SSSR count). The van der Waals surface area contributed by atoms with Gasteiger partial charge in [-0.3, -0.25) is 0 Å². The molecule has 1 unspecified atom stereocenters. The third-order valence-electron chi connectivity index (χ3n) is 8.83. The van der Waals surface area contributed by atoms with Crippen LogP contribution >= 0.6 is 0 Å². The molecule has 28 heavy (non-hydrogen) atoms. The van der Waals surface area contributed by atoms with Crippen LogP contribution in [0.4, 0.5) is 5.69 Å². The van der Waals surface area contributed by atoms with E-state index >= 15 is 0 Å². The van der Waals surface area contributed by atoms with Gasteiger partial charge in [0.15, 0.2) is 0 Å². The van der Waals surface area contributed by atoms with Gasteiger partial charge < -0.3 is 9.47 Å². The molecule has 3 aromatic rings. The van der Waals surface area contributed by atoms with Gasteiger partial charge in [-0.05, 0) is 43.4 Å². The number of nitrogens with zero attached hydrogens (tertiary/aromatic N) is 2.